The predicted molar refractivity (Wildman–Crippen MR) is 139 cm³/mol. The number of methoxy groups -OCH3 is 1. The molecule has 8 nitrogen and oxygen atoms in total. The highest BCUT2D eigenvalue weighted by Gasteiger charge is 2.25. The lowest BCUT2D eigenvalue weighted by Gasteiger charge is -2.14. The molecule has 0 aliphatic rings. The Hall–Kier alpha value is -3.90. The Morgan fingerprint density at radius 1 is 1.14 bits per heavy atom. The van der Waals surface area contributed by atoms with Crippen LogP contribution in [0.25, 0.3) is 21.7 Å². The molecule has 1 amide bonds. The largest absolute Gasteiger partial charge is 0.497 e. The number of rotatable bonds is 7. The number of nitriles is 2. The summed E-state index contributed by atoms with van der Waals surface area (Å²) in [6, 6.07) is 15.3. The van der Waals surface area contributed by atoms with E-state index in [2.05, 4.69) is 27.4 Å². The third-order valence-corrected chi connectivity index (χ3v) is 7.69. The van der Waals surface area contributed by atoms with Crippen LogP contribution >= 0.6 is 34.4 Å². The Morgan fingerprint density at radius 2 is 1.89 bits per heavy atom. The number of hydrogen-bond acceptors (Lipinski definition) is 10. The zero-order valence-corrected chi connectivity index (χ0v) is 21.1. The third-order valence-electron chi connectivity index (χ3n) is 4.96. The number of aromatic nitrogens is 2. The van der Waals surface area contributed by atoms with Gasteiger partial charge in [-0.05, 0) is 42.6 Å². The van der Waals surface area contributed by atoms with Crippen molar-refractivity contribution in [3.05, 3.63) is 58.3 Å². The first-order valence-electron chi connectivity index (χ1n) is 10.2. The average Bonchev–Trinajstić information content (AvgIpc) is 3.56. The predicted octanol–water partition coefficient (Wildman–Crippen LogP) is 5.39. The van der Waals surface area contributed by atoms with Crippen molar-refractivity contribution in [2.24, 2.45) is 0 Å². The normalized spacial score (nSPS) is 11.3. The van der Waals surface area contributed by atoms with Crippen LogP contribution in [0.2, 0.25) is 0 Å². The third kappa shape index (κ3) is 5.12. The number of pyridine rings is 1. The van der Waals surface area contributed by atoms with Gasteiger partial charge in [0.2, 0.25) is 5.91 Å². The smallest absolute Gasteiger partial charge is 0.239 e. The van der Waals surface area contributed by atoms with Gasteiger partial charge in [0, 0.05) is 21.4 Å². The van der Waals surface area contributed by atoms with Gasteiger partial charge in [0.25, 0.3) is 0 Å². The van der Waals surface area contributed by atoms with Gasteiger partial charge in [-0.1, -0.05) is 17.8 Å². The highest BCUT2D eigenvalue weighted by Crippen LogP contribution is 2.39. The zero-order valence-electron chi connectivity index (χ0n) is 18.6. The molecule has 174 valence electrons. The van der Waals surface area contributed by atoms with Crippen LogP contribution < -0.4 is 15.8 Å². The van der Waals surface area contributed by atoms with Crippen LogP contribution in [0, 0.1) is 22.7 Å². The maximum absolute atomic E-state index is 12.9. The Labute approximate surface area is 214 Å². The number of nitrogens with zero attached hydrogens (tertiary/aromatic N) is 4. The average molecular weight is 519 g/mol. The number of thiophene rings is 1. The van der Waals surface area contributed by atoms with E-state index in [9.17, 15) is 15.3 Å². The molecular weight excluding hydrogens is 501 g/mol. The van der Waals surface area contributed by atoms with Crippen molar-refractivity contribution in [1.29, 1.82) is 10.5 Å². The Balaban J connectivity index is 1.54. The van der Waals surface area contributed by atoms with E-state index in [0.29, 0.717) is 15.7 Å². The van der Waals surface area contributed by atoms with E-state index in [1.807, 2.05) is 47.2 Å². The minimum atomic E-state index is -0.605. The molecule has 3 aromatic heterocycles. The summed E-state index contributed by atoms with van der Waals surface area (Å²) < 4.78 is 5.18. The second-order valence-corrected chi connectivity index (χ2v) is 10.3. The van der Waals surface area contributed by atoms with E-state index < -0.39 is 5.25 Å². The molecule has 0 bridgehead atoms. The lowest BCUT2D eigenvalue weighted by Crippen LogP contribution is -2.22. The van der Waals surface area contributed by atoms with Crippen molar-refractivity contribution >= 4 is 51.3 Å². The van der Waals surface area contributed by atoms with Gasteiger partial charge >= 0.3 is 0 Å². The molecule has 0 aliphatic heterocycles. The summed E-state index contributed by atoms with van der Waals surface area (Å²) >= 11 is 3.82. The van der Waals surface area contributed by atoms with Crippen molar-refractivity contribution in [3.8, 4) is 39.6 Å². The molecule has 0 saturated carbocycles. The number of anilines is 2. The van der Waals surface area contributed by atoms with Crippen LogP contribution in [0.15, 0.2) is 52.2 Å². The second kappa shape index (κ2) is 10.6. The maximum atomic E-state index is 12.9. The van der Waals surface area contributed by atoms with Gasteiger partial charge in [-0.25, -0.2) is 9.97 Å². The number of carbonyl (C=O) groups is 1. The minimum absolute atomic E-state index is 0.0223. The van der Waals surface area contributed by atoms with E-state index in [4.69, 9.17) is 10.5 Å². The Morgan fingerprint density at radius 3 is 2.51 bits per heavy atom. The number of benzene rings is 1. The van der Waals surface area contributed by atoms with Gasteiger partial charge in [-0.3, -0.25) is 4.79 Å². The van der Waals surface area contributed by atoms with Crippen molar-refractivity contribution in [3.63, 3.8) is 0 Å². The molecule has 11 heteroatoms. The number of hydrogen-bond donors (Lipinski definition) is 2. The maximum Gasteiger partial charge on any atom is 0.239 e. The van der Waals surface area contributed by atoms with Gasteiger partial charge in [0.15, 0.2) is 5.13 Å². The summed E-state index contributed by atoms with van der Waals surface area (Å²) in [6.07, 6.45) is 0. The zero-order chi connectivity index (χ0) is 24.9. The molecule has 1 atom stereocenters. The van der Waals surface area contributed by atoms with E-state index in [1.165, 1.54) is 22.7 Å². The number of nitrogen functional groups attached to an aromatic ring is 1. The summed E-state index contributed by atoms with van der Waals surface area (Å²) in [4.78, 5) is 22.4. The molecule has 1 unspecified atom stereocenters. The van der Waals surface area contributed by atoms with Crippen LogP contribution in [-0.2, 0) is 4.79 Å². The fourth-order valence-electron chi connectivity index (χ4n) is 3.20. The molecule has 35 heavy (non-hydrogen) atoms. The molecule has 0 aliphatic carbocycles. The van der Waals surface area contributed by atoms with Crippen LogP contribution in [0.4, 0.5) is 10.9 Å². The Bertz CT molecular complexity index is 1450. The summed E-state index contributed by atoms with van der Waals surface area (Å²) in [5, 5.41) is 26.2. The van der Waals surface area contributed by atoms with E-state index in [1.54, 1.807) is 14.0 Å². The fraction of sp³-hybridized carbons (Fsp3) is 0.125. The Kier molecular flexibility index (Phi) is 7.32. The van der Waals surface area contributed by atoms with Gasteiger partial charge in [0.1, 0.15) is 34.3 Å². The molecule has 3 heterocycles. The molecule has 0 fully saturated rings. The number of nitrogens with one attached hydrogen (secondary N) is 1. The lowest BCUT2D eigenvalue weighted by atomic mass is 10.0. The first-order chi connectivity index (χ1) is 16.9. The van der Waals surface area contributed by atoms with E-state index in [-0.39, 0.29) is 22.9 Å². The number of thiazole rings is 1. The van der Waals surface area contributed by atoms with Crippen molar-refractivity contribution < 1.29 is 9.53 Å². The highest BCUT2D eigenvalue weighted by atomic mass is 32.2. The molecule has 4 aromatic rings. The molecule has 0 spiro atoms. The van der Waals surface area contributed by atoms with Crippen molar-refractivity contribution in [2.45, 2.75) is 17.2 Å². The quantitative estimate of drug-likeness (QED) is 0.311. The number of ether oxygens (including phenoxy) is 1. The first-order valence-corrected chi connectivity index (χ1v) is 12.8. The SMILES string of the molecule is COc1ccc(-c2csc(NC(=O)C(C)Sc3nc(N)c(C#N)c(-c4cccs4)c3C#N)n2)cc1. The number of carbonyl (C=O) groups excluding carboxylic acids is 1. The summed E-state index contributed by atoms with van der Waals surface area (Å²) in [6.45, 7) is 1.71. The molecular formula is C24H18N6O2S3. The van der Waals surface area contributed by atoms with Crippen LogP contribution in [0.5, 0.6) is 5.75 Å². The van der Waals surface area contributed by atoms with E-state index in [0.717, 1.165) is 33.6 Å². The molecule has 0 radical (unpaired) electrons. The summed E-state index contributed by atoms with van der Waals surface area (Å²) in [5.74, 6) is 0.477. The van der Waals surface area contributed by atoms with Gasteiger partial charge in [-0.2, -0.15) is 10.5 Å². The van der Waals surface area contributed by atoms with Crippen LogP contribution in [-0.4, -0.2) is 28.2 Å². The molecule has 4 rings (SSSR count). The van der Waals surface area contributed by atoms with Gasteiger partial charge in [-0.15, -0.1) is 22.7 Å². The number of amides is 1. The second-order valence-electron chi connectivity index (χ2n) is 7.14. The van der Waals surface area contributed by atoms with Crippen LogP contribution in [0.3, 0.4) is 0 Å². The van der Waals surface area contributed by atoms with Crippen molar-refractivity contribution in [1.82, 2.24) is 9.97 Å². The first kappa shape index (κ1) is 24.2. The van der Waals surface area contributed by atoms with Crippen molar-refractivity contribution in [2.75, 3.05) is 18.2 Å². The summed E-state index contributed by atoms with van der Waals surface area (Å²) in [7, 11) is 1.61. The molecule has 1 aromatic carbocycles. The van der Waals surface area contributed by atoms with Gasteiger partial charge in [0.05, 0.1) is 23.6 Å². The summed E-state index contributed by atoms with van der Waals surface area (Å²) in [5.41, 5.74) is 8.50. The number of nitrogens with two attached hydrogens (primary N) is 1. The minimum Gasteiger partial charge on any atom is -0.497 e. The standard InChI is InChI=1S/C24H18N6O2S3/c1-13(22(31)30-24-28-18(12-34-24)14-5-7-15(32-2)8-6-14)35-23-17(11-26)20(19-4-3-9-33-19)16(10-25)21(27)29-23/h3-9,12-13H,1-2H3,(H2,27,29)(H,28,30,31). The van der Waals surface area contributed by atoms with E-state index >= 15 is 0 Å². The van der Waals surface area contributed by atoms with Crippen LogP contribution in [0.1, 0.15) is 18.1 Å². The lowest BCUT2D eigenvalue weighted by molar-refractivity contribution is -0.115. The monoisotopic (exact) mass is 518 g/mol. The number of thioether (sulfide) groups is 1. The molecule has 0 saturated heterocycles. The molecule has 3 N–H and O–H groups in total. The highest BCUT2D eigenvalue weighted by molar-refractivity contribution is 8.00. The van der Waals surface area contributed by atoms with Gasteiger partial charge < -0.3 is 15.8 Å². The topological polar surface area (TPSA) is 138 Å². The fourth-order valence-corrected chi connectivity index (χ4v) is 5.63.